The Morgan fingerprint density at radius 2 is 1.16 bits per heavy atom. The lowest BCUT2D eigenvalue weighted by molar-refractivity contribution is -0.126. The molecule has 0 aromatic carbocycles. The van der Waals surface area contributed by atoms with Gasteiger partial charge in [0.05, 0.1) is 0 Å². The van der Waals surface area contributed by atoms with E-state index in [2.05, 4.69) is 91.0 Å². The third kappa shape index (κ3) is 10.7. The molecule has 2 rings (SSSR count). The molecule has 0 radical (unpaired) electrons. The van der Waals surface area contributed by atoms with Crippen LogP contribution in [0.3, 0.4) is 0 Å². The van der Waals surface area contributed by atoms with Crippen LogP contribution in [0.15, 0.2) is 118 Å². The van der Waals surface area contributed by atoms with Crippen molar-refractivity contribution < 1.29 is 19.8 Å². The number of hydrogen-bond donors (Lipinski definition) is 2. The maximum Gasteiger partial charge on any atom is 0.187 e. The fourth-order valence-electron chi connectivity index (χ4n) is 5.81. The SMILES string of the molecule is CC1=C(/C=C/C(C)=C/C=C/C(C)=C/C=C/C=C(C)/C=C/CC(C)/C=C/C2=C(C)C(=O)[C@@H](O)CC2(C)C)C(C)(C)C[C@H](O)C1=O. The molecule has 1 unspecified atom stereocenters. The van der Waals surface area contributed by atoms with Gasteiger partial charge in [-0.15, -0.1) is 0 Å². The Hall–Kier alpha value is -3.34. The average molecular weight is 599 g/mol. The van der Waals surface area contributed by atoms with Crippen molar-refractivity contribution in [3.63, 3.8) is 0 Å². The van der Waals surface area contributed by atoms with Gasteiger partial charge in [0.2, 0.25) is 0 Å². The summed E-state index contributed by atoms with van der Waals surface area (Å²) in [5, 5.41) is 20.1. The maximum absolute atomic E-state index is 12.2. The van der Waals surface area contributed by atoms with Gasteiger partial charge in [-0.05, 0) is 92.9 Å². The van der Waals surface area contributed by atoms with Crippen LogP contribution in [0.1, 0.15) is 88.5 Å². The quantitative estimate of drug-likeness (QED) is 0.233. The largest absolute Gasteiger partial charge is 0.385 e. The molecule has 0 aromatic heterocycles. The van der Waals surface area contributed by atoms with Crippen molar-refractivity contribution >= 4 is 11.6 Å². The van der Waals surface area contributed by atoms with Gasteiger partial charge < -0.3 is 10.2 Å². The van der Waals surface area contributed by atoms with Gasteiger partial charge in [-0.1, -0.05) is 130 Å². The first-order valence-corrected chi connectivity index (χ1v) is 15.7. The molecule has 0 spiro atoms. The molecule has 3 atom stereocenters. The third-order valence-electron chi connectivity index (χ3n) is 8.56. The normalized spacial score (nSPS) is 24.9. The highest BCUT2D eigenvalue weighted by Gasteiger charge is 2.37. The molecule has 0 bridgehead atoms. The number of Topliss-reactive ketones (excluding diaryl/α,β-unsaturated/α-hetero) is 2. The number of rotatable bonds is 11. The van der Waals surface area contributed by atoms with Crippen LogP contribution in [-0.4, -0.2) is 34.0 Å². The highest BCUT2D eigenvalue weighted by molar-refractivity contribution is 6.01. The van der Waals surface area contributed by atoms with Gasteiger partial charge in [0.25, 0.3) is 0 Å². The van der Waals surface area contributed by atoms with E-state index in [-0.39, 0.29) is 22.4 Å². The van der Waals surface area contributed by atoms with Crippen LogP contribution >= 0.6 is 0 Å². The van der Waals surface area contributed by atoms with E-state index in [4.69, 9.17) is 0 Å². The average Bonchev–Trinajstić information content (AvgIpc) is 2.92. The summed E-state index contributed by atoms with van der Waals surface area (Å²) in [5.74, 6) is 0.00257. The van der Waals surface area contributed by atoms with Crippen LogP contribution in [0.2, 0.25) is 0 Å². The molecule has 44 heavy (non-hydrogen) atoms. The topological polar surface area (TPSA) is 74.6 Å². The molecule has 0 amide bonds. The molecule has 0 heterocycles. The van der Waals surface area contributed by atoms with Crippen LogP contribution in [0.4, 0.5) is 0 Å². The molecule has 0 aliphatic heterocycles. The van der Waals surface area contributed by atoms with Crippen molar-refractivity contribution in [2.75, 3.05) is 0 Å². The molecule has 238 valence electrons. The minimum Gasteiger partial charge on any atom is -0.385 e. The van der Waals surface area contributed by atoms with Gasteiger partial charge in [-0.3, -0.25) is 9.59 Å². The zero-order valence-electron chi connectivity index (χ0n) is 28.6. The predicted molar refractivity (Wildman–Crippen MR) is 185 cm³/mol. The first-order chi connectivity index (χ1) is 20.5. The van der Waals surface area contributed by atoms with Gasteiger partial charge in [0, 0.05) is 0 Å². The van der Waals surface area contributed by atoms with Gasteiger partial charge in [-0.25, -0.2) is 0 Å². The molecule has 2 N–H and O–H groups in total. The lowest BCUT2D eigenvalue weighted by atomic mass is 9.71. The lowest BCUT2D eigenvalue weighted by Crippen LogP contribution is -2.35. The highest BCUT2D eigenvalue weighted by Crippen LogP contribution is 2.40. The Morgan fingerprint density at radius 1 is 0.727 bits per heavy atom. The summed E-state index contributed by atoms with van der Waals surface area (Å²) in [6.07, 6.45) is 26.9. The third-order valence-corrected chi connectivity index (χ3v) is 8.56. The van der Waals surface area contributed by atoms with Crippen molar-refractivity contribution in [3.05, 3.63) is 118 Å². The molecule has 0 saturated heterocycles. The summed E-state index contributed by atoms with van der Waals surface area (Å²) in [6.45, 7) is 20.3. The number of ketones is 2. The first-order valence-electron chi connectivity index (χ1n) is 15.7. The van der Waals surface area contributed by atoms with E-state index >= 15 is 0 Å². The van der Waals surface area contributed by atoms with E-state index in [0.29, 0.717) is 29.9 Å². The Morgan fingerprint density at radius 3 is 1.68 bits per heavy atom. The molecular formula is C40H54O4. The molecule has 4 heteroatoms. The fraction of sp³-hybridized carbons (Fsp3) is 0.450. The van der Waals surface area contributed by atoms with Crippen LogP contribution in [0, 0.1) is 16.7 Å². The summed E-state index contributed by atoms with van der Waals surface area (Å²) in [5.41, 5.74) is 6.25. The summed E-state index contributed by atoms with van der Waals surface area (Å²) in [7, 11) is 0. The van der Waals surface area contributed by atoms with Crippen molar-refractivity contribution in [2.24, 2.45) is 16.7 Å². The Labute approximate surface area is 266 Å². The summed E-state index contributed by atoms with van der Waals surface area (Å²) in [4.78, 5) is 24.5. The Kier molecular flexibility index (Phi) is 13.5. The Balaban J connectivity index is 1.90. The number of carbonyl (C=O) groups is 2. The van der Waals surface area contributed by atoms with Gasteiger partial charge >= 0.3 is 0 Å². The monoisotopic (exact) mass is 598 g/mol. The zero-order chi connectivity index (χ0) is 33.2. The highest BCUT2D eigenvalue weighted by atomic mass is 16.3. The summed E-state index contributed by atoms with van der Waals surface area (Å²) in [6, 6.07) is 0. The summed E-state index contributed by atoms with van der Waals surface area (Å²) >= 11 is 0. The molecule has 4 nitrogen and oxygen atoms in total. The molecular weight excluding hydrogens is 544 g/mol. The van der Waals surface area contributed by atoms with Gasteiger partial charge in [0.15, 0.2) is 11.6 Å². The van der Waals surface area contributed by atoms with Crippen LogP contribution in [0.25, 0.3) is 0 Å². The molecule has 2 aliphatic carbocycles. The first kappa shape index (κ1) is 36.8. The van der Waals surface area contributed by atoms with Crippen molar-refractivity contribution in [3.8, 4) is 0 Å². The van der Waals surface area contributed by atoms with E-state index < -0.39 is 12.2 Å². The number of hydrogen-bond acceptors (Lipinski definition) is 4. The van der Waals surface area contributed by atoms with Crippen molar-refractivity contribution in [1.82, 2.24) is 0 Å². The lowest BCUT2D eigenvalue weighted by Gasteiger charge is -2.34. The van der Waals surface area contributed by atoms with E-state index in [0.717, 1.165) is 28.7 Å². The Bertz CT molecular complexity index is 1390. The van der Waals surface area contributed by atoms with Crippen molar-refractivity contribution in [2.45, 2.75) is 101 Å². The van der Waals surface area contributed by atoms with Gasteiger partial charge in [-0.2, -0.15) is 0 Å². The number of allylic oxidation sites excluding steroid dienone is 18. The maximum atomic E-state index is 12.2. The van der Waals surface area contributed by atoms with Crippen molar-refractivity contribution in [1.29, 1.82) is 0 Å². The number of carbonyl (C=O) groups excluding carboxylic acids is 2. The van der Waals surface area contributed by atoms with Crippen LogP contribution in [0.5, 0.6) is 0 Å². The number of aliphatic hydroxyl groups is 2. The smallest absolute Gasteiger partial charge is 0.187 e. The number of aliphatic hydroxyl groups excluding tert-OH is 2. The predicted octanol–water partition coefficient (Wildman–Crippen LogP) is 8.99. The minimum absolute atomic E-state index is 0.155. The van der Waals surface area contributed by atoms with Crippen LogP contribution < -0.4 is 0 Å². The molecule has 2 aliphatic rings. The van der Waals surface area contributed by atoms with Gasteiger partial charge in [0.1, 0.15) is 12.2 Å². The van der Waals surface area contributed by atoms with E-state index in [1.54, 1.807) is 6.92 Å². The van der Waals surface area contributed by atoms with E-state index in [1.807, 2.05) is 50.3 Å². The zero-order valence-corrected chi connectivity index (χ0v) is 28.6. The van der Waals surface area contributed by atoms with Crippen LogP contribution in [-0.2, 0) is 9.59 Å². The molecule has 0 aromatic rings. The molecule has 0 saturated carbocycles. The minimum atomic E-state index is -0.904. The second kappa shape index (κ2) is 16.1. The van der Waals surface area contributed by atoms with E-state index in [9.17, 15) is 19.8 Å². The summed E-state index contributed by atoms with van der Waals surface area (Å²) < 4.78 is 0. The van der Waals surface area contributed by atoms with E-state index in [1.165, 1.54) is 5.57 Å². The second-order valence-corrected chi connectivity index (χ2v) is 13.8. The fourth-order valence-corrected chi connectivity index (χ4v) is 5.81. The second-order valence-electron chi connectivity index (χ2n) is 13.8. The molecule has 0 fully saturated rings. The standard InChI is InChI=1S/C40H54O4/c1-27(17-13-19-29(3)21-23-33-31(5)37(43)35(41)25-39(33,7)8)15-11-12-16-28(2)18-14-20-30(4)22-24-34-32(6)38(44)36(42)26-40(34,9)10/h11-19,21-24,30,35-36,41-42H,20,25-26H2,1-10H3/b12-11+,17-13+,18-14+,23-21+,24-22+,27-15+,28-16+,29-19+/t30?,35-,36-/m0/s1.